The fourth-order valence-corrected chi connectivity index (χ4v) is 5.80. The molecular formula is C33H44O20. The summed E-state index contributed by atoms with van der Waals surface area (Å²) in [6.45, 7) is -1.09. The van der Waals surface area contributed by atoms with Crippen molar-refractivity contribution in [1.29, 1.82) is 0 Å². The number of carbonyl (C=O) groups is 3. The molecule has 296 valence electrons. The Labute approximate surface area is 301 Å². The number of phenols is 2. The van der Waals surface area contributed by atoms with Gasteiger partial charge in [-0.25, -0.2) is 4.79 Å². The van der Waals surface area contributed by atoms with Crippen LogP contribution in [0.5, 0.6) is 11.5 Å². The van der Waals surface area contributed by atoms with Crippen LogP contribution in [0.2, 0.25) is 0 Å². The zero-order valence-electron chi connectivity index (χ0n) is 28.6. The molecule has 0 amide bonds. The first kappa shape index (κ1) is 41.8. The van der Waals surface area contributed by atoms with Gasteiger partial charge in [0.25, 0.3) is 0 Å². The third-order valence-electron chi connectivity index (χ3n) is 8.68. The van der Waals surface area contributed by atoms with Gasteiger partial charge in [0, 0.05) is 24.8 Å². The van der Waals surface area contributed by atoms with Gasteiger partial charge in [0.1, 0.15) is 55.4 Å². The molecule has 2 saturated heterocycles. The van der Waals surface area contributed by atoms with E-state index in [1.807, 2.05) is 0 Å². The molecule has 12 atom stereocenters. The molecular weight excluding hydrogens is 716 g/mol. The third-order valence-corrected chi connectivity index (χ3v) is 8.68. The maximum absolute atomic E-state index is 13.1. The van der Waals surface area contributed by atoms with Crippen molar-refractivity contribution < 1.29 is 98.2 Å². The number of aliphatic hydroxyl groups excluding tert-OH is 7. The van der Waals surface area contributed by atoms with Crippen molar-refractivity contribution in [3.8, 4) is 11.5 Å². The van der Waals surface area contributed by atoms with Crippen LogP contribution < -0.4 is 0 Å². The molecule has 0 radical (unpaired) electrons. The molecule has 2 fully saturated rings. The molecule has 0 aromatic heterocycles. The summed E-state index contributed by atoms with van der Waals surface area (Å²) in [6, 6.07) is 4.07. The lowest BCUT2D eigenvalue weighted by atomic mass is 9.86. The van der Waals surface area contributed by atoms with Gasteiger partial charge in [0.05, 0.1) is 45.2 Å². The molecule has 9 N–H and O–H groups in total. The highest BCUT2D eigenvalue weighted by atomic mass is 16.8. The Morgan fingerprint density at radius 2 is 1.49 bits per heavy atom. The van der Waals surface area contributed by atoms with E-state index in [-0.39, 0.29) is 35.7 Å². The van der Waals surface area contributed by atoms with Crippen LogP contribution in [0.3, 0.4) is 0 Å². The maximum atomic E-state index is 13.1. The van der Waals surface area contributed by atoms with Gasteiger partial charge in [-0.05, 0) is 23.8 Å². The zero-order chi connectivity index (χ0) is 39.0. The van der Waals surface area contributed by atoms with E-state index in [1.54, 1.807) is 0 Å². The third kappa shape index (κ3) is 10.2. The lowest BCUT2D eigenvalue weighted by molar-refractivity contribution is -0.369. The SMILES string of the molecule is COC(=O)C1=CO[C@@H](O[C@@H]2O[C@H](CO)[C@@H](O)[C@H](O[C@@H]3O[C@H](CO)[C@@H](O)[C@H](O)[C@H]3O)[C@H]2O)/C(=C\COC(C)=O)[C@@H]1CC(=O)OCCc1ccc(O)c(O)c1. The molecule has 1 aromatic rings. The largest absolute Gasteiger partial charge is 0.504 e. The van der Waals surface area contributed by atoms with Crippen molar-refractivity contribution in [2.24, 2.45) is 5.92 Å². The molecule has 0 spiro atoms. The molecule has 3 aliphatic rings. The normalized spacial score (nSPS) is 33.8. The number of benzene rings is 1. The summed E-state index contributed by atoms with van der Waals surface area (Å²) in [4.78, 5) is 37.5. The number of esters is 3. The van der Waals surface area contributed by atoms with E-state index < -0.39 is 118 Å². The molecule has 20 heteroatoms. The van der Waals surface area contributed by atoms with Crippen molar-refractivity contribution in [1.82, 2.24) is 0 Å². The number of aliphatic hydroxyl groups is 7. The highest BCUT2D eigenvalue weighted by Gasteiger charge is 2.52. The van der Waals surface area contributed by atoms with Gasteiger partial charge in [0.2, 0.25) is 6.29 Å². The van der Waals surface area contributed by atoms with Crippen LogP contribution in [-0.4, -0.2) is 165 Å². The summed E-state index contributed by atoms with van der Waals surface area (Å²) >= 11 is 0. The van der Waals surface area contributed by atoms with Crippen molar-refractivity contribution in [2.45, 2.75) is 87.5 Å². The Balaban J connectivity index is 1.57. The van der Waals surface area contributed by atoms with E-state index in [0.717, 1.165) is 20.3 Å². The first-order valence-corrected chi connectivity index (χ1v) is 16.4. The highest BCUT2D eigenvalue weighted by Crippen LogP contribution is 2.37. The van der Waals surface area contributed by atoms with Gasteiger partial charge in [-0.2, -0.15) is 0 Å². The van der Waals surface area contributed by atoms with Gasteiger partial charge in [-0.15, -0.1) is 0 Å². The molecule has 0 aliphatic carbocycles. The van der Waals surface area contributed by atoms with Gasteiger partial charge in [0.15, 0.2) is 24.1 Å². The predicted molar refractivity (Wildman–Crippen MR) is 170 cm³/mol. The van der Waals surface area contributed by atoms with E-state index >= 15 is 0 Å². The number of phenolic OH excluding ortho intramolecular Hbond substituents is 2. The molecule has 4 rings (SSSR count). The van der Waals surface area contributed by atoms with Crippen molar-refractivity contribution >= 4 is 17.9 Å². The van der Waals surface area contributed by atoms with Gasteiger partial charge in [-0.3, -0.25) is 9.59 Å². The second-order valence-corrected chi connectivity index (χ2v) is 12.2. The van der Waals surface area contributed by atoms with E-state index in [4.69, 9.17) is 37.9 Å². The van der Waals surface area contributed by atoms with E-state index in [2.05, 4.69) is 0 Å². The fourth-order valence-electron chi connectivity index (χ4n) is 5.80. The Hall–Kier alpha value is -3.93. The van der Waals surface area contributed by atoms with Crippen LogP contribution in [0.4, 0.5) is 0 Å². The summed E-state index contributed by atoms with van der Waals surface area (Å²) in [6.07, 6.45) is -17.4. The topological polar surface area (TPSA) is 307 Å². The van der Waals surface area contributed by atoms with E-state index in [1.165, 1.54) is 24.3 Å². The number of hydrogen-bond donors (Lipinski definition) is 9. The van der Waals surface area contributed by atoms with Crippen molar-refractivity contribution in [3.63, 3.8) is 0 Å². The molecule has 0 bridgehead atoms. The number of hydrogen-bond acceptors (Lipinski definition) is 20. The van der Waals surface area contributed by atoms with E-state index in [0.29, 0.717) is 5.56 Å². The first-order chi connectivity index (χ1) is 25.2. The number of methoxy groups -OCH3 is 1. The minimum Gasteiger partial charge on any atom is -0.504 e. The zero-order valence-corrected chi connectivity index (χ0v) is 28.6. The molecule has 3 heterocycles. The first-order valence-electron chi connectivity index (χ1n) is 16.4. The Morgan fingerprint density at radius 3 is 2.11 bits per heavy atom. The standard InChI is InChI=1S/C33H44O20/c1-14(36)47-8-6-16-17(10-23(39)48-7-5-15-3-4-19(37)20(38)9-15)18(30(45)46-2)13-49-31(16)53-33-28(44)29(25(41)22(12-35)51-33)52-32-27(43)26(42)24(40)21(11-34)50-32/h3-4,6,9,13,17,21-22,24-29,31-35,37-38,40-44H,5,7-8,10-12H2,1-2H3/b16-6-/t17-,21+,22+,24+,25+,26-,27+,28+,29-,31-,32-,33-/m0/s1. The fraction of sp³-hybridized carbons (Fsp3) is 0.606. The number of rotatable bonds is 14. The average Bonchev–Trinajstić information content (AvgIpc) is 3.13. The summed E-state index contributed by atoms with van der Waals surface area (Å²) < 4.78 is 43.4. The quantitative estimate of drug-likeness (QED) is 0.0389. The maximum Gasteiger partial charge on any atom is 0.337 e. The molecule has 0 unspecified atom stereocenters. The monoisotopic (exact) mass is 760 g/mol. The average molecular weight is 761 g/mol. The minimum atomic E-state index is -1.97. The number of carbonyl (C=O) groups excluding carboxylic acids is 3. The van der Waals surface area contributed by atoms with Gasteiger partial charge < -0.3 is 83.9 Å². The van der Waals surface area contributed by atoms with Crippen LogP contribution in [0.1, 0.15) is 18.9 Å². The number of aromatic hydroxyl groups is 2. The van der Waals surface area contributed by atoms with Crippen LogP contribution >= 0.6 is 0 Å². The van der Waals surface area contributed by atoms with Crippen LogP contribution in [0.25, 0.3) is 0 Å². The Kier molecular flexibility index (Phi) is 14.9. The molecule has 20 nitrogen and oxygen atoms in total. The van der Waals surface area contributed by atoms with Gasteiger partial charge >= 0.3 is 17.9 Å². The smallest absolute Gasteiger partial charge is 0.337 e. The molecule has 0 saturated carbocycles. The Morgan fingerprint density at radius 1 is 0.830 bits per heavy atom. The second kappa shape index (κ2) is 18.9. The van der Waals surface area contributed by atoms with Crippen LogP contribution in [0.15, 0.2) is 41.7 Å². The summed E-state index contributed by atoms with van der Waals surface area (Å²) in [5, 5.41) is 91.7. The predicted octanol–water partition coefficient (Wildman–Crippen LogP) is -3.27. The van der Waals surface area contributed by atoms with Crippen molar-refractivity contribution in [3.05, 3.63) is 47.2 Å². The second-order valence-electron chi connectivity index (χ2n) is 12.2. The lowest BCUT2D eigenvalue weighted by Crippen LogP contribution is -2.65. The minimum absolute atomic E-state index is 0.0107. The summed E-state index contributed by atoms with van der Waals surface area (Å²) in [5.41, 5.74) is 0.346. The van der Waals surface area contributed by atoms with Crippen molar-refractivity contribution in [2.75, 3.05) is 33.5 Å². The summed E-state index contributed by atoms with van der Waals surface area (Å²) in [5.74, 6) is -4.32. The molecule has 3 aliphatic heterocycles. The Bertz CT molecular complexity index is 1480. The molecule has 1 aromatic carbocycles. The van der Waals surface area contributed by atoms with Crippen LogP contribution in [0, 0.1) is 5.92 Å². The number of ether oxygens (including phenoxy) is 8. The van der Waals surface area contributed by atoms with E-state index in [9.17, 15) is 60.3 Å². The molecule has 53 heavy (non-hydrogen) atoms. The van der Waals surface area contributed by atoms with Crippen LogP contribution in [-0.2, 0) is 58.7 Å². The van der Waals surface area contributed by atoms with Gasteiger partial charge in [-0.1, -0.05) is 6.07 Å². The highest BCUT2D eigenvalue weighted by molar-refractivity contribution is 5.90. The lowest BCUT2D eigenvalue weighted by Gasteiger charge is -2.46. The summed E-state index contributed by atoms with van der Waals surface area (Å²) in [7, 11) is 1.08.